The van der Waals surface area contributed by atoms with Crippen molar-refractivity contribution < 1.29 is 17.6 Å². The van der Waals surface area contributed by atoms with Gasteiger partial charge in [-0.1, -0.05) is 6.07 Å². The number of sulfonamides is 1. The Labute approximate surface area is 144 Å². The second-order valence-electron chi connectivity index (χ2n) is 4.96. The number of carbonyl (C=O) groups excluding carboxylic acids is 1. The van der Waals surface area contributed by atoms with E-state index in [0.717, 1.165) is 0 Å². The molecule has 0 aromatic carbocycles. The molecule has 0 radical (unpaired) electrons. The molecule has 8 nitrogen and oxygen atoms in total. The Morgan fingerprint density at radius 2 is 1.96 bits per heavy atom. The maximum absolute atomic E-state index is 12.2. The molecule has 3 aromatic rings. The number of carbonyl (C=O) groups is 1. The van der Waals surface area contributed by atoms with E-state index in [1.165, 1.54) is 18.3 Å². The molecule has 3 heterocycles. The number of anilines is 1. The van der Waals surface area contributed by atoms with Gasteiger partial charge in [0.15, 0.2) is 5.76 Å². The number of nitrogens with one attached hydrogen (secondary N) is 2. The third-order valence-electron chi connectivity index (χ3n) is 3.16. The monoisotopic (exact) mass is 358 g/mol. The number of rotatable bonds is 6. The van der Waals surface area contributed by atoms with Gasteiger partial charge in [-0.25, -0.2) is 13.1 Å². The van der Waals surface area contributed by atoms with Gasteiger partial charge in [0, 0.05) is 12.4 Å². The van der Waals surface area contributed by atoms with Crippen LogP contribution in [0.5, 0.6) is 0 Å². The third kappa shape index (κ3) is 4.28. The summed E-state index contributed by atoms with van der Waals surface area (Å²) in [4.78, 5) is 20.0. The van der Waals surface area contributed by atoms with Gasteiger partial charge in [0.1, 0.15) is 0 Å². The molecule has 0 aliphatic rings. The van der Waals surface area contributed by atoms with Crippen LogP contribution in [0.15, 0.2) is 70.6 Å². The molecule has 3 rings (SSSR count). The summed E-state index contributed by atoms with van der Waals surface area (Å²) >= 11 is 0. The lowest BCUT2D eigenvalue weighted by Crippen LogP contribution is -2.23. The van der Waals surface area contributed by atoms with Crippen LogP contribution in [0.2, 0.25) is 0 Å². The molecule has 128 valence electrons. The number of furan rings is 1. The number of aromatic nitrogens is 2. The zero-order chi connectivity index (χ0) is 17.7. The second-order valence-corrected chi connectivity index (χ2v) is 6.66. The van der Waals surface area contributed by atoms with Crippen molar-refractivity contribution in [3.05, 3.63) is 72.5 Å². The Hall–Kier alpha value is -3.04. The Morgan fingerprint density at radius 1 is 1.08 bits per heavy atom. The van der Waals surface area contributed by atoms with Gasteiger partial charge in [-0.15, -0.1) is 0 Å². The first-order valence-electron chi connectivity index (χ1n) is 7.25. The molecule has 2 N–H and O–H groups in total. The number of pyridine rings is 2. The fraction of sp³-hybridized carbons (Fsp3) is 0.0625. The van der Waals surface area contributed by atoms with Crippen molar-refractivity contribution in [2.24, 2.45) is 0 Å². The minimum absolute atomic E-state index is 0.0150. The van der Waals surface area contributed by atoms with Crippen molar-refractivity contribution in [1.29, 1.82) is 0 Å². The normalized spacial score (nSPS) is 11.2. The number of hydrogen-bond donors (Lipinski definition) is 2. The lowest BCUT2D eigenvalue weighted by Gasteiger charge is -2.04. The average molecular weight is 358 g/mol. The van der Waals surface area contributed by atoms with Crippen LogP contribution >= 0.6 is 0 Å². The van der Waals surface area contributed by atoms with E-state index in [9.17, 15) is 13.2 Å². The van der Waals surface area contributed by atoms with Crippen LogP contribution in [0.3, 0.4) is 0 Å². The number of nitrogens with zero attached hydrogens (tertiary/aromatic N) is 2. The van der Waals surface area contributed by atoms with Gasteiger partial charge in [-0.2, -0.15) is 0 Å². The quantitative estimate of drug-likeness (QED) is 0.694. The average Bonchev–Trinajstić information content (AvgIpc) is 3.13. The van der Waals surface area contributed by atoms with E-state index in [4.69, 9.17) is 4.42 Å². The molecule has 0 aliphatic heterocycles. The highest BCUT2D eigenvalue weighted by atomic mass is 32.2. The lowest BCUT2D eigenvalue weighted by molar-refractivity contribution is 0.0991. The summed E-state index contributed by atoms with van der Waals surface area (Å²) in [5.41, 5.74) is 1.04. The summed E-state index contributed by atoms with van der Waals surface area (Å²) in [5.74, 6) is -0.693. The molecular weight excluding hydrogens is 344 g/mol. The molecule has 0 aliphatic carbocycles. The molecule has 1 amide bonds. The molecule has 0 fully saturated rings. The zero-order valence-corrected chi connectivity index (χ0v) is 13.7. The standard InChI is InChI=1S/C16H14N4O4S/c21-16(20-13-5-3-8-17-10-13)14-6-7-15(24-14)25(22,23)19-11-12-4-1-2-9-18-12/h1-10,19H,11H2,(H,20,21). The summed E-state index contributed by atoms with van der Waals surface area (Å²) in [5, 5.41) is 2.21. The van der Waals surface area contributed by atoms with E-state index >= 15 is 0 Å². The zero-order valence-electron chi connectivity index (χ0n) is 12.9. The Kier molecular flexibility index (Phi) is 4.87. The van der Waals surface area contributed by atoms with Gasteiger partial charge < -0.3 is 9.73 Å². The first-order chi connectivity index (χ1) is 12.0. The first-order valence-corrected chi connectivity index (χ1v) is 8.74. The van der Waals surface area contributed by atoms with Crippen LogP contribution in [0.25, 0.3) is 0 Å². The Morgan fingerprint density at radius 3 is 2.68 bits per heavy atom. The van der Waals surface area contributed by atoms with Crippen molar-refractivity contribution >= 4 is 21.6 Å². The van der Waals surface area contributed by atoms with E-state index in [1.54, 1.807) is 42.7 Å². The van der Waals surface area contributed by atoms with Gasteiger partial charge >= 0.3 is 0 Å². The SMILES string of the molecule is O=C(Nc1cccnc1)c1ccc(S(=O)(=O)NCc2ccccn2)o1. The predicted molar refractivity (Wildman–Crippen MR) is 89.2 cm³/mol. The van der Waals surface area contributed by atoms with Crippen LogP contribution in [-0.2, 0) is 16.6 Å². The van der Waals surface area contributed by atoms with Crippen molar-refractivity contribution in [3.8, 4) is 0 Å². The summed E-state index contributed by atoms with van der Waals surface area (Å²) in [6.07, 6.45) is 4.60. The van der Waals surface area contributed by atoms with E-state index in [-0.39, 0.29) is 17.4 Å². The van der Waals surface area contributed by atoms with Crippen LogP contribution in [-0.4, -0.2) is 24.3 Å². The van der Waals surface area contributed by atoms with Crippen LogP contribution in [0, 0.1) is 0 Å². The second kappa shape index (κ2) is 7.24. The van der Waals surface area contributed by atoms with E-state index in [0.29, 0.717) is 11.4 Å². The summed E-state index contributed by atoms with van der Waals surface area (Å²) in [7, 11) is -3.89. The first kappa shape index (κ1) is 16.8. The molecule has 0 saturated carbocycles. The van der Waals surface area contributed by atoms with Crippen LogP contribution < -0.4 is 10.0 Å². The highest BCUT2D eigenvalue weighted by Crippen LogP contribution is 2.16. The lowest BCUT2D eigenvalue weighted by atomic mass is 10.4. The fourth-order valence-corrected chi connectivity index (χ4v) is 2.89. The minimum Gasteiger partial charge on any atom is -0.438 e. The summed E-state index contributed by atoms with van der Waals surface area (Å²) in [6, 6.07) is 11.0. The van der Waals surface area contributed by atoms with Gasteiger partial charge in [-0.3, -0.25) is 14.8 Å². The van der Waals surface area contributed by atoms with Crippen molar-refractivity contribution in [2.75, 3.05) is 5.32 Å². The van der Waals surface area contributed by atoms with Crippen molar-refractivity contribution in [2.45, 2.75) is 11.6 Å². The van der Waals surface area contributed by atoms with Crippen LogP contribution in [0.4, 0.5) is 5.69 Å². The molecule has 0 saturated heterocycles. The summed E-state index contributed by atoms with van der Waals surface area (Å²) in [6.45, 7) is 0.0150. The van der Waals surface area contributed by atoms with E-state index < -0.39 is 15.9 Å². The molecule has 0 bridgehead atoms. The minimum atomic E-state index is -3.89. The van der Waals surface area contributed by atoms with Gasteiger partial charge in [0.25, 0.3) is 15.9 Å². The molecule has 0 spiro atoms. The predicted octanol–water partition coefficient (Wildman–Crippen LogP) is 1.80. The van der Waals surface area contributed by atoms with Gasteiger partial charge in [0.05, 0.1) is 24.1 Å². The highest BCUT2D eigenvalue weighted by molar-refractivity contribution is 7.89. The Balaban J connectivity index is 1.68. The number of amides is 1. The number of hydrogen-bond acceptors (Lipinski definition) is 6. The van der Waals surface area contributed by atoms with E-state index in [1.807, 2.05) is 0 Å². The molecule has 9 heteroatoms. The van der Waals surface area contributed by atoms with Crippen molar-refractivity contribution in [1.82, 2.24) is 14.7 Å². The van der Waals surface area contributed by atoms with Crippen molar-refractivity contribution in [3.63, 3.8) is 0 Å². The maximum atomic E-state index is 12.2. The highest BCUT2D eigenvalue weighted by Gasteiger charge is 2.21. The van der Waals surface area contributed by atoms with Gasteiger partial charge in [-0.05, 0) is 36.4 Å². The third-order valence-corrected chi connectivity index (χ3v) is 4.43. The molecular formula is C16H14N4O4S. The topological polar surface area (TPSA) is 114 Å². The Bertz CT molecular complexity index is 956. The maximum Gasteiger partial charge on any atom is 0.291 e. The smallest absolute Gasteiger partial charge is 0.291 e. The van der Waals surface area contributed by atoms with E-state index in [2.05, 4.69) is 20.0 Å². The summed E-state index contributed by atoms with van der Waals surface area (Å²) < 4.78 is 32.0. The fourth-order valence-electron chi connectivity index (χ4n) is 1.96. The molecule has 25 heavy (non-hydrogen) atoms. The molecule has 0 atom stereocenters. The molecule has 3 aromatic heterocycles. The molecule has 0 unspecified atom stereocenters. The van der Waals surface area contributed by atoms with Gasteiger partial charge in [0.2, 0.25) is 5.09 Å². The van der Waals surface area contributed by atoms with Crippen LogP contribution in [0.1, 0.15) is 16.2 Å². The largest absolute Gasteiger partial charge is 0.438 e.